The Balaban J connectivity index is 1.46. The Hall–Kier alpha value is -1.83. The molecule has 2 aromatic heterocycles. The smallest absolute Gasteiger partial charge is 0.165 e. The van der Waals surface area contributed by atoms with Gasteiger partial charge >= 0.3 is 0 Å². The van der Waals surface area contributed by atoms with Crippen LogP contribution in [0.4, 0.5) is 0 Å². The zero-order valence-electron chi connectivity index (χ0n) is 13.2. The average molecular weight is 302 g/mol. The minimum absolute atomic E-state index is 0.490. The van der Waals surface area contributed by atoms with Crippen LogP contribution >= 0.6 is 0 Å². The van der Waals surface area contributed by atoms with Crippen LogP contribution in [0, 0.1) is 13.8 Å². The summed E-state index contributed by atoms with van der Waals surface area (Å²) in [5.41, 5.74) is 0. The molecule has 2 aromatic rings. The maximum absolute atomic E-state index is 4.49. The first kappa shape index (κ1) is 13.8. The SMILES string of the molecule is Cc1nc(C)n(C[C@@H]2CCCN2Cc2nnnn2C2CC2)n1. The highest BCUT2D eigenvalue weighted by Gasteiger charge is 2.31. The van der Waals surface area contributed by atoms with E-state index in [4.69, 9.17) is 0 Å². The summed E-state index contributed by atoms with van der Waals surface area (Å²) < 4.78 is 4.04. The zero-order valence-corrected chi connectivity index (χ0v) is 13.2. The van der Waals surface area contributed by atoms with Crippen LogP contribution in [-0.2, 0) is 13.1 Å². The lowest BCUT2D eigenvalue weighted by atomic mass is 10.2. The predicted octanol–water partition coefficient (Wildman–Crippen LogP) is 0.881. The van der Waals surface area contributed by atoms with Crippen LogP contribution in [0.25, 0.3) is 0 Å². The molecule has 22 heavy (non-hydrogen) atoms. The Labute approximate surface area is 129 Å². The van der Waals surface area contributed by atoms with Crippen LogP contribution < -0.4 is 0 Å². The molecular weight excluding hydrogens is 280 g/mol. The number of aryl methyl sites for hydroxylation is 2. The van der Waals surface area contributed by atoms with Gasteiger partial charge in [-0.25, -0.2) is 14.3 Å². The number of hydrogen-bond donors (Lipinski definition) is 0. The molecule has 1 aliphatic carbocycles. The third-order valence-corrected chi connectivity index (χ3v) is 4.64. The zero-order chi connectivity index (χ0) is 15.1. The van der Waals surface area contributed by atoms with E-state index < -0.39 is 0 Å². The lowest BCUT2D eigenvalue weighted by molar-refractivity contribution is 0.209. The fourth-order valence-corrected chi connectivity index (χ4v) is 3.34. The third kappa shape index (κ3) is 2.63. The van der Waals surface area contributed by atoms with Crippen LogP contribution in [0.15, 0.2) is 0 Å². The molecule has 0 spiro atoms. The van der Waals surface area contributed by atoms with Gasteiger partial charge in [-0.15, -0.1) is 5.10 Å². The lowest BCUT2D eigenvalue weighted by Crippen LogP contribution is -2.34. The summed E-state index contributed by atoms with van der Waals surface area (Å²) in [7, 11) is 0. The topological polar surface area (TPSA) is 77.5 Å². The van der Waals surface area contributed by atoms with Crippen molar-refractivity contribution in [1.82, 2.24) is 39.9 Å². The van der Waals surface area contributed by atoms with Crippen molar-refractivity contribution in [2.45, 2.75) is 64.7 Å². The summed E-state index contributed by atoms with van der Waals surface area (Å²) in [4.78, 5) is 6.88. The van der Waals surface area contributed by atoms with E-state index in [2.05, 4.69) is 30.5 Å². The maximum atomic E-state index is 4.49. The summed E-state index contributed by atoms with van der Waals surface area (Å²) in [6.07, 6.45) is 4.84. The second kappa shape index (κ2) is 5.42. The Morgan fingerprint density at radius 2 is 2.05 bits per heavy atom. The van der Waals surface area contributed by atoms with Gasteiger partial charge < -0.3 is 0 Å². The summed E-state index contributed by atoms with van der Waals surface area (Å²) in [6.45, 7) is 6.81. The molecule has 0 bridgehead atoms. The molecule has 8 nitrogen and oxygen atoms in total. The molecule has 1 saturated heterocycles. The Morgan fingerprint density at radius 3 is 2.77 bits per heavy atom. The van der Waals surface area contributed by atoms with Crippen molar-refractivity contribution < 1.29 is 0 Å². The molecule has 8 heteroatoms. The molecule has 0 radical (unpaired) electrons. The van der Waals surface area contributed by atoms with Crippen molar-refractivity contribution in [3.8, 4) is 0 Å². The number of rotatable bonds is 5. The molecule has 118 valence electrons. The fraction of sp³-hybridized carbons (Fsp3) is 0.786. The number of nitrogens with zero attached hydrogens (tertiary/aromatic N) is 8. The minimum Gasteiger partial charge on any atom is -0.291 e. The van der Waals surface area contributed by atoms with Gasteiger partial charge in [0.05, 0.1) is 19.1 Å². The summed E-state index contributed by atoms with van der Waals surface area (Å²) in [5, 5.41) is 16.7. The van der Waals surface area contributed by atoms with Crippen LogP contribution in [0.1, 0.15) is 49.2 Å². The largest absolute Gasteiger partial charge is 0.291 e. The van der Waals surface area contributed by atoms with Crippen LogP contribution in [0.2, 0.25) is 0 Å². The predicted molar refractivity (Wildman–Crippen MR) is 79.0 cm³/mol. The van der Waals surface area contributed by atoms with Crippen molar-refractivity contribution in [3.63, 3.8) is 0 Å². The Kier molecular flexibility index (Phi) is 3.40. The first-order valence-corrected chi connectivity index (χ1v) is 8.09. The molecule has 0 unspecified atom stereocenters. The van der Waals surface area contributed by atoms with E-state index in [1.165, 1.54) is 25.7 Å². The normalized spacial score (nSPS) is 22.5. The quantitative estimate of drug-likeness (QED) is 0.816. The molecule has 0 aromatic carbocycles. The monoisotopic (exact) mass is 302 g/mol. The van der Waals surface area contributed by atoms with Crippen molar-refractivity contribution in [1.29, 1.82) is 0 Å². The highest BCUT2D eigenvalue weighted by atomic mass is 15.6. The van der Waals surface area contributed by atoms with E-state index in [1.807, 2.05) is 23.2 Å². The first-order valence-electron chi connectivity index (χ1n) is 8.09. The molecule has 3 heterocycles. The van der Waals surface area contributed by atoms with E-state index in [0.717, 1.165) is 37.1 Å². The first-order chi connectivity index (χ1) is 10.7. The van der Waals surface area contributed by atoms with Gasteiger partial charge in [-0.05, 0) is 56.5 Å². The summed E-state index contributed by atoms with van der Waals surface area (Å²) in [5.74, 6) is 2.84. The van der Waals surface area contributed by atoms with Crippen molar-refractivity contribution in [2.75, 3.05) is 6.54 Å². The number of likely N-dealkylation sites (tertiary alicyclic amines) is 1. The van der Waals surface area contributed by atoms with Gasteiger partial charge in [0.25, 0.3) is 0 Å². The second-order valence-corrected chi connectivity index (χ2v) is 6.43. The van der Waals surface area contributed by atoms with Crippen molar-refractivity contribution >= 4 is 0 Å². The fourth-order valence-electron chi connectivity index (χ4n) is 3.34. The molecule has 1 aliphatic heterocycles. The third-order valence-electron chi connectivity index (χ3n) is 4.64. The standard InChI is InChI=1S/C14H22N8/c1-10-15-11(2)21(17-10)8-13-4-3-7-20(13)9-14-16-18-19-22(14)12-5-6-12/h12-13H,3-9H2,1-2H3/t13-/m0/s1. The van der Waals surface area contributed by atoms with Gasteiger partial charge in [0.2, 0.25) is 0 Å². The van der Waals surface area contributed by atoms with Crippen LogP contribution in [0.5, 0.6) is 0 Å². The van der Waals surface area contributed by atoms with E-state index in [0.29, 0.717) is 12.1 Å². The number of tetrazole rings is 1. The summed E-state index contributed by atoms with van der Waals surface area (Å²) >= 11 is 0. The van der Waals surface area contributed by atoms with E-state index in [1.54, 1.807) is 0 Å². The average Bonchev–Trinajstić information content (AvgIpc) is 2.92. The molecule has 1 atom stereocenters. The van der Waals surface area contributed by atoms with Gasteiger partial charge in [0.1, 0.15) is 11.6 Å². The molecule has 2 aliphatic rings. The van der Waals surface area contributed by atoms with Gasteiger partial charge in [-0.1, -0.05) is 0 Å². The van der Waals surface area contributed by atoms with E-state index in [-0.39, 0.29) is 0 Å². The van der Waals surface area contributed by atoms with Gasteiger partial charge in [-0.3, -0.25) is 4.90 Å². The molecule has 0 amide bonds. The second-order valence-electron chi connectivity index (χ2n) is 6.43. The van der Waals surface area contributed by atoms with Gasteiger partial charge in [0, 0.05) is 6.04 Å². The molecule has 4 rings (SSSR count). The highest BCUT2D eigenvalue weighted by Crippen LogP contribution is 2.35. The highest BCUT2D eigenvalue weighted by molar-refractivity contribution is 4.94. The summed E-state index contributed by atoms with van der Waals surface area (Å²) in [6, 6.07) is 1.02. The number of aromatic nitrogens is 7. The molecule has 2 fully saturated rings. The van der Waals surface area contributed by atoms with Crippen molar-refractivity contribution in [2.24, 2.45) is 0 Å². The van der Waals surface area contributed by atoms with Crippen LogP contribution in [0.3, 0.4) is 0 Å². The molecular formula is C14H22N8. The Bertz CT molecular complexity index is 656. The molecule has 1 saturated carbocycles. The minimum atomic E-state index is 0.490. The van der Waals surface area contributed by atoms with E-state index >= 15 is 0 Å². The van der Waals surface area contributed by atoms with Gasteiger partial charge in [0.15, 0.2) is 5.82 Å². The van der Waals surface area contributed by atoms with Crippen LogP contribution in [-0.4, -0.2) is 52.5 Å². The van der Waals surface area contributed by atoms with E-state index in [9.17, 15) is 0 Å². The maximum Gasteiger partial charge on any atom is 0.165 e. The van der Waals surface area contributed by atoms with Gasteiger partial charge in [-0.2, -0.15) is 5.10 Å². The number of hydrogen-bond acceptors (Lipinski definition) is 6. The Morgan fingerprint density at radius 1 is 1.18 bits per heavy atom. The lowest BCUT2D eigenvalue weighted by Gasteiger charge is -2.24. The molecule has 0 N–H and O–H groups in total. The van der Waals surface area contributed by atoms with Crippen molar-refractivity contribution in [3.05, 3.63) is 17.5 Å².